The summed E-state index contributed by atoms with van der Waals surface area (Å²) in [6.45, 7) is 2.14. The number of aromatic nitrogens is 1. The van der Waals surface area contributed by atoms with Crippen molar-refractivity contribution in [3.05, 3.63) is 57.4 Å². The van der Waals surface area contributed by atoms with Crippen molar-refractivity contribution in [1.82, 2.24) is 10.3 Å². The van der Waals surface area contributed by atoms with Gasteiger partial charge in [-0.05, 0) is 36.6 Å². The number of aryl methyl sites for hydroxylation is 1. The molecule has 0 aliphatic heterocycles. The number of rotatable bonds is 6. The van der Waals surface area contributed by atoms with Crippen molar-refractivity contribution in [2.45, 2.75) is 17.7 Å². The molecule has 3 aromatic rings. The predicted octanol–water partition coefficient (Wildman–Crippen LogP) is 2.95. The third-order valence-corrected chi connectivity index (χ3v) is 7.04. The maximum atomic E-state index is 12.3. The second-order valence-electron chi connectivity index (χ2n) is 5.30. The highest BCUT2D eigenvalue weighted by Crippen LogP contribution is 2.25. The number of amides is 1. The van der Waals surface area contributed by atoms with E-state index in [2.05, 4.69) is 15.0 Å². The predicted molar refractivity (Wildman–Crippen MR) is 101 cm³/mol. The molecule has 26 heavy (non-hydrogen) atoms. The first-order valence-corrected chi connectivity index (χ1v) is 10.6. The summed E-state index contributed by atoms with van der Waals surface area (Å²) < 4.78 is 27.1. The zero-order chi connectivity index (χ0) is 18.7. The highest BCUT2D eigenvalue weighted by Gasteiger charge is 2.18. The van der Waals surface area contributed by atoms with Gasteiger partial charge in [-0.3, -0.25) is 9.52 Å². The van der Waals surface area contributed by atoms with Crippen molar-refractivity contribution < 1.29 is 18.3 Å². The van der Waals surface area contributed by atoms with E-state index in [0.29, 0.717) is 0 Å². The first-order chi connectivity index (χ1) is 12.3. The van der Waals surface area contributed by atoms with Crippen LogP contribution >= 0.6 is 22.7 Å². The van der Waals surface area contributed by atoms with E-state index in [-0.39, 0.29) is 27.8 Å². The fraction of sp³-hybridized carbons (Fsp3) is 0.125. The first kappa shape index (κ1) is 18.4. The van der Waals surface area contributed by atoms with E-state index < -0.39 is 15.9 Å². The van der Waals surface area contributed by atoms with Crippen LogP contribution in [0.2, 0.25) is 0 Å². The number of carbonyl (C=O) groups is 1. The average molecular weight is 410 g/mol. The number of anilines is 1. The number of phenolic OH excluding ortho intramolecular Hbond substituents is 1. The summed E-state index contributed by atoms with van der Waals surface area (Å²) in [6.07, 6.45) is 1.67. The van der Waals surface area contributed by atoms with Crippen LogP contribution in [0.25, 0.3) is 0 Å². The van der Waals surface area contributed by atoms with Gasteiger partial charge in [0.25, 0.3) is 15.9 Å². The maximum Gasteiger partial charge on any atom is 0.271 e. The van der Waals surface area contributed by atoms with E-state index in [1.165, 1.54) is 35.6 Å². The Kier molecular flexibility index (Phi) is 5.25. The standard InChI is InChI=1S/C16H15N3O4S3/c1-10-17-8-12(25-10)9-18-16(21)13-7-11(4-5-14(13)20)19-26(22,23)15-3-2-6-24-15/h2-8,19-20H,9H2,1H3,(H,18,21). The second kappa shape index (κ2) is 7.44. The number of nitrogens with zero attached hydrogens (tertiary/aromatic N) is 1. The summed E-state index contributed by atoms with van der Waals surface area (Å²) in [5.74, 6) is -0.743. The summed E-state index contributed by atoms with van der Waals surface area (Å²) in [7, 11) is -3.73. The van der Waals surface area contributed by atoms with Crippen molar-refractivity contribution >= 4 is 44.3 Å². The zero-order valence-corrected chi connectivity index (χ0v) is 16.0. The van der Waals surface area contributed by atoms with Crippen molar-refractivity contribution in [1.29, 1.82) is 0 Å². The minimum Gasteiger partial charge on any atom is -0.507 e. The molecule has 3 N–H and O–H groups in total. The van der Waals surface area contributed by atoms with Crippen LogP contribution in [0.3, 0.4) is 0 Å². The van der Waals surface area contributed by atoms with Crippen LogP contribution in [0.5, 0.6) is 5.75 Å². The summed E-state index contributed by atoms with van der Waals surface area (Å²) >= 11 is 2.55. The molecule has 0 saturated carbocycles. The summed E-state index contributed by atoms with van der Waals surface area (Å²) in [4.78, 5) is 17.3. The van der Waals surface area contributed by atoms with Gasteiger partial charge in [-0.15, -0.1) is 22.7 Å². The Morgan fingerprint density at radius 1 is 1.31 bits per heavy atom. The maximum absolute atomic E-state index is 12.3. The van der Waals surface area contributed by atoms with Gasteiger partial charge >= 0.3 is 0 Å². The topological polar surface area (TPSA) is 108 Å². The lowest BCUT2D eigenvalue weighted by Gasteiger charge is -2.10. The smallest absolute Gasteiger partial charge is 0.271 e. The highest BCUT2D eigenvalue weighted by molar-refractivity contribution is 7.94. The fourth-order valence-corrected chi connectivity index (χ4v) is 4.93. The van der Waals surface area contributed by atoms with E-state index in [1.807, 2.05) is 6.92 Å². The number of nitrogens with one attached hydrogen (secondary N) is 2. The lowest BCUT2D eigenvalue weighted by atomic mass is 10.1. The third-order valence-electron chi connectivity index (χ3n) is 3.35. The van der Waals surface area contributed by atoms with E-state index in [0.717, 1.165) is 21.2 Å². The number of hydrogen-bond acceptors (Lipinski definition) is 7. The summed E-state index contributed by atoms with van der Waals surface area (Å²) in [5.41, 5.74) is 0.174. The molecule has 0 bridgehead atoms. The zero-order valence-electron chi connectivity index (χ0n) is 13.6. The van der Waals surface area contributed by atoms with Gasteiger partial charge in [-0.2, -0.15) is 0 Å². The van der Waals surface area contributed by atoms with Gasteiger partial charge in [-0.25, -0.2) is 13.4 Å². The number of phenols is 1. The van der Waals surface area contributed by atoms with Crippen molar-refractivity contribution in [3.63, 3.8) is 0 Å². The summed E-state index contributed by atoms with van der Waals surface area (Å²) in [6, 6.07) is 7.09. The van der Waals surface area contributed by atoms with Crippen LogP contribution in [0, 0.1) is 6.92 Å². The molecule has 0 atom stereocenters. The lowest BCUT2D eigenvalue weighted by molar-refractivity contribution is 0.0948. The van der Waals surface area contributed by atoms with Gasteiger partial charge in [0.15, 0.2) is 0 Å². The summed E-state index contributed by atoms with van der Waals surface area (Å²) in [5, 5.41) is 15.2. The molecule has 1 amide bonds. The van der Waals surface area contributed by atoms with E-state index >= 15 is 0 Å². The molecule has 0 aliphatic carbocycles. The molecule has 0 radical (unpaired) electrons. The Labute approximate surface area is 158 Å². The van der Waals surface area contributed by atoms with Crippen LogP contribution in [-0.2, 0) is 16.6 Å². The van der Waals surface area contributed by atoms with Crippen molar-refractivity contribution in [2.24, 2.45) is 0 Å². The molecular formula is C16H15N3O4S3. The third kappa shape index (κ3) is 4.21. The van der Waals surface area contributed by atoms with Gasteiger partial charge < -0.3 is 10.4 Å². The van der Waals surface area contributed by atoms with Crippen molar-refractivity contribution in [3.8, 4) is 5.75 Å². The number of hydrogen-bond donors (Lipinski definition) is 3. The first-order valence-electron chi connectivity index (χ1n) is 7.44. The molecule has 2 heterocycles. The Balaban J connectivity index is 1.75. The van der Waals surface area contributed by atoms with Crippen molar-refractivity contribution in [2.75, 3.05) is 4.72 Å². The number of aromatic hydroxyl groups is 1. The van der Waals surface area contributed by atoms with E-state index in [4.69, 9.17) is 0 Å². The monoisotopic (exact) mass is 409 g/mol. The average Bonchev–Trinajstić information content (AvgIpc) is 3.26. The molecule has 7 nitrogen and oxygen atoms in total. The van der Waals surface area contributed by atoms with E-state index in [1.54, 1.807) is 17.6 Å². The van der Waals surface area contributed by atoms with Crippen LogP contribution in [0.1, 0.15) is 20.2 Å². The minimum absolute atomic E-state index is 0.0161. The number of thiazole rings is 1. The molecule has 2 aromatic heterocycles. The minimum atomic E-state index is -3.73. The highest BCUT2D eigenvalue weighted by atomic mass is 32.2. The van der Waals surface area contributed by atoms with Gasteiger partial charge in [0, 0.05) is 16.8 Å². The molecular weight excluding hydrogens is 394 g/mol. The Morgan fingerprint density at radius 3 is 2.77 bits per heavy atom. The van der Waals surface area contributed by atoms with Crippen LogP contribution in [0.15, 0.2) is 46.1 Å². The molecule has 0 unspecified atom stereocenters. The van der Waals surface area contributed by atoms with Gasteiger partial charge in [-0.1, -0.05) is 6.07 Å². The molecule has 0 fully saturated rings. The number of benzene rings is 1. The van der Waals surface area contributed by atoms with Crippen LogP contribution < -0.4 is 10.0 Å². The molecule has 136 valence electrons. The van der Waals surface area contributed by atoms with Gasteiger partial charge in [0.2, 0.25) is 0 Å². The Hall–Kier alpha value is -2.43. The molecule has 1 aromatic carbocycles. The largest absolute Gasteiger partial charge is 0.507 e. The molecule has 0 aliphatic rings. The van der Waals surface area contributed by atoms with Crippen LogP contribution in [0.4, 0.5) is 5.69 Å². The van der Waals surface area contributed by atoms with Gasteiger partial charge in [0.1, 0.15) is 9.96 Å². The number of sulfonamides is 1. The molecule has 10 heteroatoms. The normalized spacial score (nSPS) is 11.3. The Morgan fingerprint density at radius 2 is 2.12 bits per heavy atom. The molecule has 0 spiro atoms. The van der Waals surface area contributed by atoms with E-state index in [9.17, 15) is 18.3 Å². The quantitative estimate of drug-likeness (QED) is 0.543. The second-order valence-corrected chi connectivity index (χ2v) is 9.47. The van der Waals surface area contributed by atoms with Crippen LogP contribution in [-0.4, -0.2) is 24.4 Å². The molecule has 3 rings (SSSR count). The number of carbonyl (C=O) groups excluding carboxylic acids is 1. The number of thiophene rings is 1. The fourth-order valence-electron chi connectivity index (χ4n) is 2.15. The Bertz CT molecular complexity index is 1030. The lowest BCUT2D eigenvalue weighted by Crippen LogP contribution is -2.22. The van der Waals surface area contributed by atoms with Gasteiger partial charge in [0.05, 0.1) is 17.1 Å². The molecule has 0 saturated heterocycles. The SMILES string of the molecule is Cc1ncc(CNC(=O)c2cc(NS(=O)(=O)c3cccs3)ccc2O)s1.